The van der Waals surface area contributed by atoms with Crippen molar-refractivity contribution in [3.05, 3.63) is 35.6 Å². The van der Waals surface area contributed by atoms with Crippen molar-refractivity contribution < 1.29 is 4.42 Å². The summed E-state index contributed by atoms with van der Waals surface area (Å²) in [6.07, 6.45) is 8.85. The topological polar surface area (TPSA) is 13.1 Å². The van der Waals surface area contributed by atoms with Gasteiger partial charge in [-0.25, -0.2) is 0 Å². The van der Waals surface area contributed by atoms with Crippen LogP contribution in [0.15, 0.2) is 34.7 Å². The summed E-state index contributed by atoms with van der Waals surface area (Å²) in [5.41, 5.74) is 0.840. The van der Waals surface area contributed by atoms with Crippen LogP contribution in [0.4, 0.5) is 0 Å². The number of hydrogen-bond donors (Lipinski definition) is 0. The molecule has 0 aliphatic carbocycles. The van der Waals surface area contributed by atoms with Crippen molar-refractivity contribution in [1.82, 2.24) is 0 Å². The summed E-state index contributed by atoms with van der Waals surface area (Å²) in [4.78, 5) is 0. The van der Waals surface area contributed by atoms with Crippen LogP contribution < -0.4 is 0 Å². The third-order valence-electron chi connectivity index (χ3n) is 4.05. The third kappa shape index (κ3) is 9.05. The quantitative estimate of drug-likeness (QED) is 0.359. The number of furan rings is 1. The van der Waals surface area contributed by atoms with Crippen LogP contribution in [0.1, 0.15) is 59.3 Å². The summed E-state index contributed by atoms with van der Waals surface area (Å²) in [6, 6.07) is 9.53. The largest absolute Gasteiger partial charge is 0.445 e. The first-order chi connectivity index (χ1) is 11.2. The maximum absolute atomic E-state index is 5.62. The smallest absolute Gasteiger partial charge is 0.194 e. The maximum atomic E-state index is 5.62. The Morgan fingerprint density at radius 2 is 1.39 bits per heavy atom. The first kappa shape index (κ1) is 20.9. The fourth-order valence-electron chi connectivity index (χ4n) is 2.60. The number of para-hydroxylation sites is 1. The zero-order valence-electron chi connectivity index (χ0n) is 15.0. The normalized spacial score (nSPS) is 10.4. The molecule has 0 N–H and O–H groups in total. The Hall–Kier alpha value is -0.151. The minimum absolute atomic E-state index is 0.446. The Labute approximate surface area is 154 Å². The molecule has 0 amide bonds. The SMILES string of the molecule is CCC[CH2][Sn+]([CH2]CCC)[CH2]CCC.Clc1cc2ccccc2o1. The van der Waals surface area contributed by atoms with Gasteiger partial charge in [0.1, 0.15) is 5.58 Å². The van der Waals surface area contributed by atoms with Gasteiger partial charge in [-0.2, -0.15) is 0 Å². The Bertz CT molecular complexity index is 471. The van der Waals surface area contributed by atoms with Crippen LogP contribution in [-0.2, 0) is 0 Å². The zero-order valence-corrected chi connectivity index (χ0v) is 18.6. The van der Waals surface area contributed by atoms with Gasteiger partial charge in [0.25, 0.3) is 0 Å². The Morgan fingerprint density at radius 1 is 0.870 bits per heavy atom. The van der Waals surface area contributed by atoms with Gasteiger partial charge in [0.15, 0.2) is 5.22 Å². The Morgan fingerprint density at radius 3 is 1.87 bits per heavy atom. The van der Waals surface area contributed by atoms with Gasteiger partial charge in [-0.05, 0) is 17.7 Å². The molecule has 0 bridgehead atoms. The minimum atomic E-state index is -0.839. The van der Waals surface area contributed by atoms with E-state index in [4.69, 9.17) is 16.0 Å². The predicted octanol–water partition coefficient (Wildman–Crippen LogP) is 7.97. The number of unbranched alkanes of at least 4 members (excludes halogenated alkanes) is 3. The first-order valence-electron chi connectivity index (χ1n) is 9.18. The first-order valence-corrected chi connectivity index (χ1v) is 15.6. The van der Waals surface area contributed by atoms with Gasteiger partial charge in [-0.3, -0.25) is 0 Å². The molecular weight excluding hydrogens is 410 g/mol. The van der Waals surface area contributed by atoms with Crippen molar-refractivity contribution in [3.63, 3.8) is 0 Å². The zero-order chi connectivity index (χ0) is 16.9. The standard InChI is InChI=1S/C8H5ClO.3C4H9.Sn/c9-8-5-6-3-1-2-4-7(6)10-8;3*1-3-4-2;/h1-5H;3*1,3-4H2,2H3;/q;;;;+1. The molecule has 1 aromatic heterocycles. The second-order valence-electron chi connectivity index (χ2n) is 6.15. The molecule has 0 unspecified atom stereocenters. The molecular formula is C20H32ClOSn+. The van der Waals surface area contributed by atoms with E-state index in [0.717, 1.165) is 11.0 Å². The molecule has 23 heavy (non-hydrogen) atoms. The van der Waals surface area contributed by atoms with E-state index in [1.165, 1.54) is 38.5 Å². The summed E-state index contributed by atoms with van der Waals surface area (Å²) in [6.45, 7) is 7.00. The summed E-state index contributed by atoms with van der Waals surface area (Å²) in [7, 11) is 0. The van der Waals surface area contributed by atoms with Crippen LogP contribution in [0.5, 0.6) is 0 Å². The number of benzene rings is 1. The van der Waals surface area contributed by atoms with Gasteiger partial charge in [0, 0.05) is 11.5 Å². The van der Waals surface area contributed by atoms with E-state index in [1.807, 2.05) is 24.3 Å². The minimum Gasteiger partial charge on any atom is -0.445 e. The van der Waals surface area contributed by atoms with Crippen molar-refractivity contribution in [2.75, 3.05) is 0 Å². The molecule has 1 aromatic carbocycles. The van der Waals surface area contributed by atoms with Crippen LogP contribution in [-0.4, -0.2) is 19.8 Å². The van der Waals surface area contributed by atoms with Crippen LogP contribution in [0, 0.1) is 0 Å². The van der Waals surface area contributed by atoms with E-state index in [9.17, 15) is 0 Å². The molecule has 0 saturated heterocycles. The molecule has 1 nitrogen and oxygen atoms in total. The van der Waals surface area contributed by atoms with Crippen molar-refractivity contribution in [1.29, 1.82) is 0 Å². The van der Waals surface area contributed by atoms with E-state index in [1.54, 1.807) is 19.4 Å². The number of halogens is 1. The summed E-state index contributed by atoms with van der Waals surface area (Å²) < 4.78 is 10.2. The number of hydrogen-bond acceptors (Lipinski definition) is 1. The second-order valence-corrected chi connectivity index (χ2v) is 15.1. The molecule has 0 saturated carbocycles. The molecule has 128 valence electrons. The number of rotatable bonds is 9. The van der Waals surface area contributed by atoms with Crippen LogP contribution in [0.25, 0.3) is 11.0 Å². The van der Waals surface area contributed by atoms with Gasteiger partial charge in [0.2, 0.25) is 0 Å². The third-order valence-corrected chi connectivity index (χ3v) is 13.3. The van der Waals surface area contributed by atoms with Gasteiger partial charge < -0.3 is 4.42 Å². The van der Waals surface area contributed by atoms with Crippen molar-refractivity contribution in [2.24, 2.45) is 0 Å². The van der Waals surface area contributed by atoms with Gasteiger partial charge in [0.05, 0.1) is 0 Å². The molecule has 0 aliphatic heterocycles. The van der Waals surface area contributed by atoms with Crippen LogP contribution in [0.2, 0.25) is 18.5 Å². The molecule has 2 rings (SSSR count). The summed E-state index contributed by atoms with van der Waals surface area (Å²) >= 11 is 4.78. The molecule has 0 spiro atoms. The van der Waals surface area contributed by atoms with Crippen molar-refractivity contribution >= 4 is 42.3 Å². The Balaban J connectivity index is 0.000000235. The molecule has 3 heteroatoms. The van der Waals surface area contributed by atoms with Crippen molar-refractivity contribution in [2.45, 2.75) is 72.6 Å². The van der Waals surface area contributed by atoms with Crippen LogP contribution >= 0.6 is 11.6 Å². The van der Waals surface area contributed by atoms with Crippen molar-refractivity contribution in [3.8, 4) is 0 Å². The van der Waals surface area contributed by atoms with E-state index < -0.39 is 19.8 Å². The summed E-state index contributed by atoms with van der Waals surface area (Å²) in [5, 5.41) is 1.49. The molecule has 0 radical (unpaired) electrons. The van der Waals surface area contributed by atoms with Gasteiger partial charge >= 0.3 is 92.4 Å². The van der Waals surface area contributed by atoms with E-state index in [0.29, 0.717) is 5.22 Å². The van der Waals surface area contributed by atoms with E-state index in [2.05, 4.69) is 20.8 Å². The Kier molecular flexibility index (Phi) is 12.0. The molecule has 0 atom stereocenters. The molecule has 0 aliphatic rings. The summed E-state index contributed by atoms with van der Waals surface area (Å²) in [5.74, 6) is 0. The predicted molar refractivity (Wildman–Crippen MR) is 106 cm³/mol. The van der Waals surface area contributed by atoms with Gasteiger partial charge in [-0.15, -0.1) is 0 Å². The monoisotopic (exact) mass is 443 g/mol. The number of fused-ring (bicyclic) bond motifs is 1. The van der Waals surface area contributed by atoms with Gasteiger partial charge in [-0.1, -0.05) is 18.2 Å². The fraction of sp³-hybridized carbons (Fsp3) is 0.600. The van der Waals surface area contributed by atoms with E-state index >= 15 is 0 Å². The average molecular weight is 443 g/mol. The maximum Gasteiger partial charge on any atom is 0.194 e. The molecule has 1 heterocycles. The van der Waals surface area contributed by atoms with E-state index in [-0.39, 0.29) is 0 Å². The molecule has 2 aromatic rings. The second kappa shape index (κ2) is 13.2. The fourth-order valence-corrected chi connectivity index (χ4v) is 12.3. The van der Waals surface area contributed by atoms with Crippen LogP contribution in [0.3, 0.4) is 0 Å². The molecule has 0 fully saturated rings. The average Bonchev–Trinajstić information content (AvgIpc) is 2.95.